The highest BCUT2D eigenvalue weighted by Crippen LogP contribution is 2.40. The summed E-state index contributed by atoms with van der Waals surface area (Å²) in [4.78, 5) is 1.34. The number of benzene rings is 1. The van der Waals surface area contributed by atoms with Crippen molar-refractivity contribution in [1.29, 1.82) is 0 Å². The SMILES string of the molecule is CNC(c1sccc1C)c1c(C)c(Br)cc(C)c1OC. The normalized spacial score (nSPS) is 12.5. The molecule has 0 saturated heterocycles. The molecule has 0 fully saturated rings. The van der Waals surface area contributed by atoms with Crippen LogP contribution in [0.2, 0.25) is 0 Å². The summed E-state index contributed by atoms with van der Waals surface area (Å²) in [6.07, 6.45) is 0. The van der Waals surface area contributed by atoms with Crippen molar-refractivity contribution in [1.82, 2.24) is 5.32 Å². The van der Waals surface area contributed by atoms with Crippen LogP contribution in [0.3, 0.4) is 0 Å². The molecule has 0 bridgehead atoms. The highest BCUT2D eigenvalue weighted by Gasteiger charge is 2.24. The van der Waals surface area contributed by atoms with Gasteiger partial charge in [0.2, 0.25) is 0 Å². The fourth-order valence-corrected chi connectivity index (χ4v) is 4.18. The lowest BCUT2D eigenvalue weighted by Crippen LogP contribution is -2.20. The smallest absolute Gasteiger partial charge is 0.127 e. The van der Waals surface area contributed by atoms with Crippen molar-refractivity contribution in [2.75, 3.05) is 14.2 Å². The molecule has 2 nitrogen and oxygen atoms in total. The quantitative estimate of drug-likeness (QED) is 0.855. The molecule has 108 valence electrons. The molecule has 0 aliphatic rings. The standard InChI is InChI=1S/C16H20BrNOS/c1-9-6-7-20-16(9)14(18-4)13-11(3)12(17)8-10(2)15(13)19-5/h6-8,14,18H,1-5H3. The van der Waals surface area contributed by atoms with Crippen LogP contribution in [0.1, 0.15) is 33.2 Å². The van der Waals surface area contributed by atoms with E-state index in [1.54, 1.807) is 18.4 Å². The molecule has 0 aliphatic heterocycles. The Bertz CT molecular complexity index is 621. The Morgan fingerprint density at radius 3 is 2.45 bits per heavy atom. The average Bonchev–Trinajstić information content (AvgIpc) is 2.83. The molecule has 1 unspecified atom stereocenters. The van der Waals surface area contributed by atoms with Crippen molar-refractivity contribution in [2.45, 2.75) is 26.8 Å². The zero-order valence-electron chi connectivity index (χ0n) is 12.5. The lowest BCUT2D eigenvalue weighted by Gasteiger charge is -2.24. The van der Waals surface area contributed by atoms with Gasteiger partial charge < -0.3 is 10.1 Å². The van der Waals surface area contributed by atoms with Gasteiger partial charge in [-0.05, 0) is 62.0 Å². The molecule has 0 saturated carbocycles. The van der Waals surface area contributed by atoms with Crippen molar-refractivity contribution in [2.24, 2.45) is 0 Å². The Balaban J connectivity index is 2.69. The molecule has 0 radical (unpaired) electrons. The van der Waals surface area contributed by atoms with E-state index in [9.17, 15) is 0 Å². The highest BCUT2D eigenvalue weighted by molar-refractivity contribution is 9.10. The van der Waals surface area contributed by atoms with Crippen molar-refractivity contribution in [3.8, 4) is 5.75 Å². The van der Waals surface area contributed by atoms with Gasteiger partial charge in [0, 0.05) is 14.9 Å². The summed E-state index contributed by atoms with van der Waals surface area (Å²) in [6, 6.07) is 4.43. The highest BCUT2D eigenvalue weighted by atomic mass is 79.9. The summed E-state index contributed by atoms with van der Waals surface area (Å²) in [5.74, 6) is 0.970. The van der Waals surface area contributed by atoms with Crippen molar-refractivity contribution in [3.63, 3.8) is 0 Å². The van der Waals surface area contributed by atoms with Crippen molar-refractivity contribution >= 4 is 27.3 Å². The fraction of sp³-hybridized carbons (Fsp3) is 0.375. The molecule has 0 aliphatic carbocycles. The molecular weight excluding hydrogens is 334 g/mol. The third kappa shape index (κ3) is 2.65. The van der Waals surface area contributed by atoms with Gasteiger partial charge in [-0.15, -0.1) is 11.3 Å². The molecule has 2 aromatic rings. The Kier molecular flexibility index (Phi) is 4.89. The number of halogens is 1. The van der Waals surface area contributed by atoms with Gasteiger partial charge >= 0.3 is 0 Å². The van der Waals surface area contributed by atoms with E-state index in [0.717, 1.165) is 15.8 Å². The second kappa shape index (κ2) is 6.29. The summed E-state index contributed by atoms with van der Waals surface area (Å²) in [5, 5.41) is 5.58. The lowest BCUT2D eigenvalue weighted by atomic mass is 9.95. The van der Waals surface area contributed by atoms with Crippen molar-refractivity contribution < 1.29 is 4.74 Å². The molecule has 4 heteroatoms. The maximum atomic E-state index is 5.68. The van der Waals surface area contributed by atoms with E-state index in [4.69, 9.17) is 4.74 Å². The summed E-state index contributed by atoms with van der Waals surface area (Å²) < 4.78 is 6.80. The zero-order valence-corrected chi connectivity index (χ0v) is 14.9. The van der Waals surface area contributed by atoms with Gasteiger partial charge in [-0.2, -0.15) is 0 Å². The van der Waals surface area contributed by atoms with Crippen molar-refractivity contribution in [3.05, 3.63) is 49.1 Å². The largest absolute Gasteiger partial charge is 0.496 e. The fourth-order valence-electron chi connectivity index (χ4n) is 2.58. The monoisotopic (exact) mass is 353 g/mol. The number of hydrogen-bond donors (Lipinski definition) is 1. The molecule has 1 atom stereocenters. The average molecular weight is 354 g/mol. The van der Waals surface area contributed by atoms with Gasteiger partial charge in [0.15, 0.2) is 0 Å². The topological polar surface area (TPSA) is 21.3 Å². The Hall–Kier alpha value is -0.840. The van der Waals surface area contributed by atoms with Gasteiger partial charge in [-0.25, -0.2) is 0 Å². The van der Waals surface area contributed by atoms with Crippen LogP contribution in [-0.4, -0.2) is 14.2 Å². The molecule has 20 heavy (non-hydrogen) atoms. The summed E-state index contributed by atoms with van der Waals surface area (Å²) in [6.45, 7) is 6.37. The first kappa shape index (κ1) is 15.5. The van der Waals surface area contributed by atoms with Crippen LogP contribution in [0.4, 0.5) is 0 Å². The van der Waals surface area contributed by atoms with Crippen LogP contribution in [0.25, 0.3) is 0 Å². The van der Waals surface area contributed by atoms with Gasteiger partial charge in [-0.1, -0.05) is 15.9 Å². The molecule has 0 spiro atoms. The van der Waals surface area contributed by atoms with Crippen LogP contribution in [0.15, 0.2) is 22.0 Å². The van der Waals surface area contributed by atoms with E-state index in [1.165, 1.54) is 21.6 Å². The van der Waals surface area contributed by atoms with Gasteiger partial charge in [-0.3, -0.25) is 0 Å². The number of ether oxygens (including phenoxy) is 1. The van der Waals surface area contributed by atoms with Gasteiger partial charge in [0.05, 0.1) is 13.2 Å². The summed E-state index contributed by atoms with van der Waals surface area (Å²) >= 11 is 5.44. The number of methoxy groups -OCH3 is 1. The van der Waals surface area contributed by atoms with E-state index in [-0.39, 0.29) is 6.04 Å². The zero-order chi connectivity index (χ0) is 14.9. The van der Waals surface area contributed by atoms with E-state index in [0.29, 0.717) is 0 Å². The minimum atomic E-state index is 0.154. The second-order valence-corrected chi connectivity index (χ2v) is 6.74. The van der Waals surface area contributed by atoms with Crippen LogP contribution in [0, 0.1) is 20.8 Å². The number of thiophene rings is 1. The van der Waals surface area contributed by atoms with E-state index in [2.05, 4.69) is 59.5 Å². The Morgan fingerprint density at radius 1 is 1.25 bits per heavy atom. The second-order valence-electron chi connectivity index (χ2n) is 4.94. The third-order valence-corrected chi connectivity index (χ3v) is 5.56. The first-order valence-electron chi connectivity index (χ1n) is 6.56. The molecular formula is C16H20BrNOS. The Labute approximate surface area is 133 Å². The predicted octanol–water partition coefficient (Wildman–Crippen LogP) is 4.75. The minimum Gasteiger partial charge on any atom is -0.496 e. The third-order valence-electron chi connectivity index (χ3n) is 3.65. The van der Waals surface area contributed by atoms with Gasteiger partial charge in [0.1, 0.15) is 5.75 Å². The first-order valence-corrected chi connectivity index (χ1v) is 8.23. The van der Waals surface area contributed by atoms with Gasteiger partial charge in [0.25, 0.3) is 0 Å². The lowest BCUT2D eigenvalue weighted by molar-refractivity contribution is 0.401. The number of aryl methyl sites for hydroxylation is 2. The van der Waals surface area contributed by atoms with Crippen LogP contribution < -0.4 is 10.1 Å². The molecule has 2 rings (SSSR count). The number of nitrogens with one attached hydrogen (secondary N) is 1. The van der Waals surface area contributed by atoms with E-state index < -0.39 is 0 Å². The van der Waals surface area contributed by atoms with E-state index in [1.807, 2.05) is 7.05 Å². The molecule has 1 aromatic carbocycles. The minimum absolute atomic E-state index is 0.154. The predicted molar refractivity (Wildman–Crippen MR) is 90.1 cm³/mol. The number of rotatable bonds is 4. The molecule has 1 heterocycles. The molecule has 0 amide bonds. The first-order chi connectivity index (χ1) is 9.51. The van der Waals surface area contributed by atoms with Crippen LogP contribution in [0.5, 0.6) is 5.75 Å². The Morgan fingerprint density at radius 2 is 1.95 bits per heavy atom. The maximum Gasteiger partial charge on any atom is 0.127 e. The van der Waals surface area contributed by atoms with Crippen LogP contribution >= 0.6 is 27.3 Å². The molecule has 1 N–H and O–H groups in total. The molecule has 1 aromatic heterocycles. The summed E-state index contributed by atoms with van der Waals surface area (Å²) in [5.41, 5.74) is 4.90. The summed E-state index contributed by atoms with van der Waals surface area (Å²) in [7, 11) is 3.74. The van der Waals surface area contributed by atoms with Crippen LogP contribution in [-0.2, 0) is 0 Å². The number of hydrogen-bond acceptors (Lipinski definition) is 3. The van der Waals surface area contributed by atoms with E-state index >= 15 is 0 Å². The maximum absolute atomic E-state index is 5.68.